The van der Waals surface area contributed by atoms with Gasteiger partial charge in [-0.05, 0) is 12.8 Å². The summed E-state index contributed by atoms with van der Waals surface area (Å²) in [5.41, 5.74) is 0. The van der Waals surface area contributed by atoms with Crippen LogP contribution in [0.2, 0.25) is 0 Å². The van der Waals surface area contributed by atoms with Crippen molar-refractivity contribution in [3.63, 3.8) is 0 Å². The smallest absolute Gasteiger partial charge is 0.0540 e. The number of unbranched alkanes of at least 4 members (excludes halogenated alkanes) is 24. The van der Waals surface area contributed by atoms with Gasteiger partial charge in [0.1, 0.15) is 0 Å². The van der Waals surface area contributed by atoms with Crippen LogP contribution < -0.4 is 0 Å². The fourth-order valence-corrected chi connectivity index (χ4v) is 4.94. The van der Waals surface area contributed by atoms with E-state index in [0.717, 1.165) is 12.8 Å². The molecule has 0 aromatic carbocycles. The first-order valence-electron chi connectivity index (χ1n) is 15.5. The normalized spacial score (nSPS) is 12.5. The second kappa shape index (κ2) is 29.0. The maximum Gasteiger partial charge on any atom is 0.0540 e. The molecule has 1 N–H and O–H groups in total. The van der Waals surface area contributed by atoms with E-state index in [4.69, 9.17) is 0 Å². The van der Waals surface area contributed by atoms with Crippen LogP contribution in [0.3, 0.4) is 0 Å². The van der Waals surface area contributed by atoms with E-state index in [-0.39, 0.29) is 6.10 Å². The molecule has 0 aliphatic carbocycles. The van der Waals surface area contributed by atoms with Crippen molar-refractivity contribution in [3.05, 3.63) is 0 Å². The highest BCUT2D eigenvalue weighted by Gasteiger charge is 2.03. The van der Waals surface area contributed by atoms with Crippen LogP contribution in [0.5, 0.6) is 0 Å². The third-order valence-electron chi connectivity index (χ3n) is 7.28. The lowest BCUT2D eigenvalue weighted by molar-refractivity contribution is 0.147. The lowest BCUT2D eigenvalue weighted by Gasteiger charge is -2.10. The van der Waals surface area contributed by atoms with Gasteiger partial charge in [-0.25, -0.2) is 0 Å². The van der Waals surface area contributed by atoms with Gasteiger partial charge < -0.3 is 5.11 Å². The summed E-state index contributed by atoms with van der Waals surface area (Å²) in [4.78, 5) is 0. The molecular formula is C31H64O. The molecule has 0 aliphatic heterocycles. The van der Waals surface area contributed by atoms with Gasteiger partial charge in [-0.3, -0.25) is 0 Å². The van der Waals surface area contributed by atoms with Gasteiger partial charge in [0.2, 0.25) is 0 Å². The van der Waals surface area contributed by atoms with E-state index in [2.05, 4.69) is 13.8 Å². The molecule has 0 aromatic heterocycles. The number of hydrogen-bond acceptors (Lipinski definition) is 1. The van der Waals surface area contributed by atoms with Crippen molar-refractivity contribution in [2.24, 2.45) is 0 Å². The summed E-state index contributed by atoms with van der Waals surface area (Å²) in [5, 5.41) is 10.1. The van der Waals surface area contributed by atoms with Crippen molar-refractivity contribution in [1.82, 2.24) is 0 Å². The molecule has 194 valence electrons. The monoisotopic (exact) mass is 452 g/mol. The summed E-state index contributed by atoms with van der Waals surface area (Å²) in [6, 6.07) is 0. The Morgan fingerprint density at radius 2 is 0.500 bits per heavy atom. The molecule has 0 fully saturated rings. The average Bonchev–Trinajstić information content (AvgIpc) is 2.80. The molecule has 0 amide bonds. The molecule has 1 heteroatoms. The molecule has 0 radical (unpaired) electrons. The number of rotatable bonds is 28. The van der Waals surface area contributed by atoms with E-state index in [1.165, 1.54) is 167 Å². The number of hydrogen-bond donors (Lipinski definition) is 1. The highest BCUT2D eigenvalue weighted by Crippen LogP contribution is 2.16. The van der Waals surface area contributed by atoms with E-state index >= 15 is 0 Å². The molecule has 0 rings (SSSR count). The van der Waals surface area contributed by atoms with E-state index in [0.29, 0.717) is 0 Å². The molecule has 1 nitrogen and oxygen atoms in total. The lowest BCUT2D eigenvalue weighted by atomic mass is 10.0. The van der Waals surface area contributed by atoms with Crippen LogP contribution in [0.25, 0.3) is 0 Å². The predicted molar refractivity (Wildman–Crippen MR) is 147 cm³/mol. The van der Waals surface area contributed by atoms with Crippen molar-refractivity contribution >= 4 is 0 Å². The molecular weight excluding hydrogens is 388 g/mol. The van der Waals surface area contributed by atoms with Crippen LogP contribution in [0.15, 0.2) is 0 Å². The molecule has 0 spiro atoms. The van der Waals surface area contributed by atoms with Crippen LogP contribution in [0.4, 0.5) is 0 Å². The SMILES string of the molecule is CCCCCCCCCCCCCCCCCCCCCC[C@H](O)CCCCCCCC. The minimum atomic E-state index is -0.0308. The van der Waals surface area contributed by atoms with E-state index in [1.54, 1.807) is 0 Å². The molecule has 0 saturated carbocycles. The highest BCUT2D eigenvalue weighted by molar-refractivity contribution is 4.58. The Morgan fingerprint density at radius 3 is 0.719 bits per heavy atom. The van der Waals surface area contributed by atoms with Gasteiger partial charge in [0, 0.05) is 0 Å². The molecule has 1 atom stereocenters. The molecule has 32 heavy (non-hydrogen) atoms. The zero-order valence-corrected chi connectivity index (χ0v) is 22.8. The third-order valence-corrected chi connectivity index (χ3v) is 7.28. The third kappa shape index (κ3) is 28.0. The predicted octanol–water partition coefficient (Wildman–Crippen LogP) is 11.3. The summed E-state index contributed by atoms with van der Waals surface area (Å²) in [6.45, 7) is 4.57. The molecule has 0 saturated heterocycles. The van der Waals surface area contributed by atoms with Crippen molar-refractivity contribution in [2.75, 3.05) is 0 Å². The van der Waals surface area contributed by atoms with Crippen molar-refractivity contribution in [1.29, 1.82) is 0 Å². The van der Waals surface area contributed by atoms with Gasteiger partial charge in [0.25, 0.3) is 0 Å². The van der Waals surface area contributed by atoms with Crippen LogP contribution in [-0.4, -0.2) is 11.2 Å². The van der Waals surface area contributed by atoms with Gasteiger partial charge in [-0.2, -0.15) is 0 Å². The van der Waals surface area contributed by atoms with E-state index < -0.39 is 0 Å². The van der Waals surface area contributed by atoms with Crippen molar-refractivity contribution in [2.45, 2.75) is 200 Å². The number of aliphatic hydroxyl groups excluding tert-OH is 1. The summed E-state index contributed by atoms with van der Waals surface area (Å²) in [6.07, 6.45) is 38.7. The Bertz CT molecular complexity index is 314. The largest absolute Gasteiger partial charge is 0.393 e. The van der Waals surface area contributed by atoms with Crippen molar-refractivity contribution in [3.8, 4) is 0 Å². The molecule has 0 aliphatic rings. The summed E-state index contributed by atoms with van der Waals surface area (Å²) >= 11 is 0. The second-order valence-electron chi connectivity index (χ2n) is 10.7. The van der Waals surface area contributed by atoms with E-state index in [1.807, 2.05) is 0 Å². The van der Waals surface area contributed by atoms with Gasteiger partial charge in [-0.15, -0.1) is 0 Å². The molecule has 0 heterocycles. The Labute approximate surface area is 204 Å². The minimum Gasteiger partial charge on any atom is -0.393 e. The van der Waals surface area contributed by atoms with Gasteiger partial charge in [-0.1, -0.05) is 181 Å². The first-order chi connectivity index (χ1) is 15.8. The zero-order valence-electron chi connectivity index (χ0n) is 22.8. The fourth-order valence-electron chi connectivity index (χ4n) is 4.94. The first-order valence-corrected chi connectivity index (χ1v) is 15.5. The quantitative estimate of drug-likeness (QED) is 0.117. The van der Waals surface area contributed by atoms with Crippen LogP contribution in [-0.2, 0) is 0 Å². The first kappa shape index (κ1) is 32.0. The fraction of sp³-hybridized carbons (Fsp3) is 1.00. The lowest BCUT2D eigenvalue weighted by Crippen LogP contribution is -2.05. The maximum absolute atomic E-state index is 10.1. The molecule has 0 aromatic rings. The van der Waals surface area contributed by atoms with Crippen molar-refractivity contribution < 1.29 is 5.11 Å². The standard InChI is InChI=1S/C31H64O/c1-3-5-7-9-11-12-13-14-15-16-17-18-19-20-21-22-23-24-26-28-30-31(32)29-27-25-10-8-6-4-2/h31-32H,3-30H2,1-2H3/t31-/m1/s1. The van der Waals surface area contributed by atoms with Crippen LogP contribution >= 0.6 is 0 Å². The summed E-state index contributed by atoms with van der Waals surface area (Å²) in [5.74, 6) is 0. The topological polar surface area (TPSA) is 20.2 Å². The molecule has 0 unspecified atom stereocenters. The maximum atomic E-state index is 10.1. The second-order valence-corrected chi connectivity index (χ2v) is 10.7. The Hall–Kier alpha value is -0.0400. The number of aliphatic hydroxyl groups is 1. The average molecular weight is 453 g/mol. The Kier molecular flexibility index (Phi) is 29.0. The Balaban J connectivity index is 3.09. The van der Waals surface area contributed by atoms with Crippen LogP contribution in [0, 0.1) is 0 Å². The minimum absolute atomic E-state index is 0.0308. The zero-order chi connectivity index (χ0) is 23.4. The van der Waals surface area contributed by atoms with Gasteiger partial charge in [0.15, 0.2) is 0 Å². The van der Waals surface area contributed by atoms with Crippen LogP contribution in [0.1, 0.15) is 194 Å². The highest BCUT2D eigenvalue weighted by atomic mass is 16.3. The summed E-state index contributed by atoms with van der Waals surface area (Å²) < 4.78 is 0. The summed E-state index contributed by atoms with van der Waals surface area (Å²) in [7, 11) is 0. The van der Waals surface area contributed by atoms with E-state index in [9.17, 15) is 5.11 Å². The molecule has 0 bridgehead atoms. The van der Waals surface area contributed by atoms with Gasteiger partial charge >= 0.3 is 0 Å². The Morgan fingerprint density at radius 1 is 0.312 bits per heavy atom. The van der Waals surface area contributed by atoms with Gasteiger partial charge in [0.05, 0.1) is 6.10 Å².